The Balaban J connectivity index is 1.13. The van der Waals surface area contributed by atoms with Gasteiger partial charge in [-0.3, -0.25) is 14.7 Å². The molecule has 4 aromatic rings. The second-order valence-corrected chi connectivity index (χ2v) is 11.1. The summed E-state index contributed by atoms with van der Waals surface area (Å²) < 4.78 is 3.38. The van der Waals surface area contributed by atoms with Crippen LogP contribution in [0.2, 0.25) is 0 Å². The molecule has 0 radical (unpaired) electrons. The molecule has 2 unspecified atom stereocenters. The molecule has 5 rings (SSSR count). The lowest BCUT2D eigenvalue weighted by Crippen LogP contribution is -2.35. The Labute approximate surface area is 240 Å². The van der Waals surface area contributed by atoms with E-state index in [4.69, 9.17) is 11.0 Å². The number of fused-ring (bicyclic) bond motifs is 1. The van der Waals surface area contributed by atoms with E-state index in [0.29, 0.717) is 12.1 Å². The standard InChI is InChI=1S/C32H34N6OS/c1-23(21-33)30(34)25-10-8-24(9-11-25)22-37-17-4-18-38(20-19-37)32(39)27-12-14-28(15-13-27)36-40-29-7-2-5-26-6-3-16-35-31(26)29/h2-3,5-16,23,30,36H,4,17-20,22,34H2,1H3. The van der Waals surface area contributed by atoms with E-state index in [9.17, 15) is 4.79 Å². The van der Waals surface area contributed by atoms with Crippen LogP contribution in [0, 0.1) is 17.2 Å². The Morgan fingerprint density at radius 2 is 1.80 bits per heavy atom. The molecule has 8 heteroatoms. The summed E-state index contributed by atoms with van der Waals surface area (Å²) in [7, 11) is 0. The highest BCUT2D eigenvalue weighted by molar-refractivity contribution is 8.00. The minimum Gasteiger partial charge on any atom is -0.337 e. The molecule has 1 fully saturated rings. The van der Waals surface area contributed by atoms with Crippen molar-refractivity contribution in [3.63, 3.8) is 0 Å². The number of para-hydroxylation sites is 1. The van der Waals surface area contributed by atoms with Crippen molar-refractivity contribution in [2.75, 3.05) is 30.9 Å². The number of hydrogen-bond acceptors (Lipinski definition) is 7. The fourth-order valence-corrected chi connectivity index (χ4v) is 5.72. The van der Waals surface area contributed by atoms with E-state index in [-0.39, 0.29) is 17.9 Å². The summed E-state index contributed by atoms with van der Waals surface area (Å²) in [6.45, 7) is 5.89. The Hall–Kier alpha value is -3.90. The second kappa shape index (κ2) is 13.0. The molecule has 0 aliphatic carbocycles. The van der Waals surface area contributed by atoms with Crippen molar-refractivity contribution in [2.45, 2.75) is 30.8 Å². The predicted octanol–water partition coefficient (Wildman–Crippen LogP) is 5.86. The molecule has 1 aromatic heterocycles. The fourth-order valence-electron chi connectivity index (χ4n) is 4.94. The van der Waals surface area contributed by atoms with Crippen LogP contribution in [0.5, 0.6) is 0 Å². The van der Waals surface area contributed by atoms with Gasteiger partial charge in [0.25, 0.3) is 5.91 Å². The van der Waals surface area contributed by atoms with Gasteiger partial charge >= 0.3 is 0 Å². The zero-order valence-electron chi connectivity index (χ0n) is 22.7. The first kappa shape index (κ1) is 27.7. The van der Waals surface area contributed by atoms with Crippen LogP contribution in [0.25, 0.3) is 10.9 Å². The Kier molecular flexibility index (Phi) is 8.97. The Morgan fingerprint density at radius 1 is 1.02 bits per heavy atom. The van der Waals surface area contributed by atoms with Crippen LogP contribution in [0.15, 0.2) is 90.0 Å². The van der Waals surface area contributed by atoms with Crippen LogP contribution in [-0.4, -0.2) is 46.9 Å². The molecular weight excluding hydrogens is 516 g/mol. The van der Waals surface area contributed by atoms with Crippen molar-refractivity contribution >= 4 is 34.4 Å². The molecule has 1 saturated heterocycles. The number of rotatable bonds is 8. The maximum Gasteiger partial charge on any atom is 0.253 e. The molecule has 3 N–H and O–H groups in total. The number of nitrogens with two attached hydrogens (primary N) is 1. The topological polar surface area (TPSA) is 98.3 Å². The van der Waals surface area contributed by atoms with Gasteiger partial charge in [0, 0.05) is 61.6 Å². The zero-order chi connectivity index (χ0) is 27.9. The molecule has 204 valence electrons. The fraction of sp³-hybridized carbons (Fsp3) is 0.281. The third-order valence-electron chi connectivity index (χ3n) is 7.40. The molecule has 1 aliphatic rings. The average Bonchev–Trinajstić information content (AvgIpc) is 3.25. The quantitative estimate of drug-likeness (QED) is 0.265. The summed E-state index contributed by atoms with van der Waals surface area (Å²) in [6.07, 6.45) is 2.74. The Morgan fingerprint density at radius 3 is 2.58 bits per heavy atom. The van der Waals surface area contributed by atoms with Crippen LogP contribution in [-0.2, 0) is 6.54 Å². The highest BCUT2D eigenvalue weighted by Crippen LogP contribution is 2.27. The van der Waals surface area contributed by atoms with Gasteiger partial charge in [-0.25, -0.2) is 0 Å². The monoisotopic (exact) mass is 550 g/mol. The first-order valence-corrected chi connectivity index (χ1v) is 14.5. The van der Waals surface area contributed by atoms with Gasteiger partial charge in [0.15, 0.2) is 0 Å². The van der Waals surface area contributed by atoms with Crippen molar-refractivity contribution in [2.24, 2.45) is 11.7 Å². The highest BCUT2D eigenvalue weighted by atomic mass is 32.2. The number of nitriles is 1. The predicted molar refractivity (Wildman–Crippen MR) is 162 cm³/mol. The van der Waals surface area contributed by atoms with Crippen LogP contribution in [0.3, 0.4) is 0 Å². The van der Waals surface area contributed by atoms with Gasteiger partial charge in [0.2, 0.25) is 0 Å². The first-order valence-electron chi connectivity index (χ1n) is 13.6. The average molecular weight is 551 g/mol. The third kappa shape index (κ3) is 6.62. The van der Waals surface area contributed by atoms with Gasteiger partial charge in [0.1, 0.15) is 0 Å². The molecule has 40 heavy (non-hydrogen) atoms. The zero-order valence-corrected chi connectivity index (χ0v) is 23.5. The van der Waals surface area contributed by atoms with E-state index in [0.717, 1.165) is 59.6 Å². The molecule has 1 amide bonds. The van der Waals surface area contributed by atoms with Crippen molar-refractivity contribution in [1.82, 2.24) is 14.8 Å². The van der Waals surface area contributed by atoms with Gasteiger partial charge < -0.3 is 15.4 Å². The molecule has 0 saturated carbocycles. The molecule has 7 nitrogen and oxygen atoms in total. The number of aromatic nitrogens is 1. The number of anilines is 1. The molecule has 3 aromatic carbocycles. The Bertz CT molecular complexity index is 1480. The number of benzene rings is 3. The number of nitrogens with one attached hydrogen (secondary N) is 1. The lowest BCUT2D eigenvalue weighted by atomic mass is 9.96. The lowest BCUT2D eigenvalue weighted by Gasteiger charge is -2.22. The molecular formula is C32H34N6OS. The number of carbonyl (C=O) groups excluding carboxylic acids is 1. The SMILES string of the molecule is CC(C#N)C(N)c1ccc(CN2CCCN(C(=O)c3ccc(NSc4cccc5cccnc45)cc3)CC2)cc1. The first-order chi connectivity index (χ1) is 19.5. The molecule has 2 heterocycles. The maximum atomic E-state index is 13.3. The summed E-state index contributed by atoms with van der Waals surface area (Å²) in [5, 5.41) is 10.2. The van der Waals surface area contributed by atoms with E-state index >= 15 is 0 Å². The smallest absolute Gasteiger partial charge is 0.253 e. The van der Waals surface area contributed by atoms with Crippen LogP contribution >= 0.6 is 11.9 Å². The van der Waals surface area contributed by atoms with Crippen molar-refractivity contribution in [3.05, 3.63) is 102 Å². The van der Waals surface area contributed by atoms with Crippen molar-refractivity contribution < 1.29 is 4.79 Å². The van der Waals surface area contributed by atoms with E-state index in [1.54, 1.807) is 0 Å². The van der Waals surface area contributed by atoms with E-state index in [2.05, 4.69) is 51.0 Å². The van der Waals surface area contributed by atoms with E-state index < -0.39 is 0 Å². The summed E-state index contributed by atoms with van der Waals surface area (Å²) in [5.41, 5.74) is 11.0. The minimum atomic E-state index is -0.276. The van der Waals surface area contributed by atoms with Gasteiger partial charge in [0.05, 0.1) is 22.4 Å². The molecule has 1 aliphatic heterocycles. The van der Waals surface area contributed by atoms with E-state index in [1.165, 1.54) is 17.5 Å². The van der Waals surface area contributed by atoms with E-state index in [1.807, 2.05) is 66.6 Å². The summed E-state index contributed by atoms with van der Waals surface area (Å²) >= 11 is 1.52. The third-order valence-corrected chi connectivity index (χ3v) is 8.28. The van der Waals surface area contributed by atoms with Gasteiger partial charge in [-0.2, -0.15) is 5.26 Å². The normalized spacial score (nSPS) is 15.7. The maximum absolute atomic E-state index is 13.3. The van der Waals surface area contributed by atoms with Crippen LogP contribution in [0.4, 0.5) is 5.69 Å². The van der Waals surface area contributed by atoms with Crippen LogP contribution in [0.1, 0.15) is 40.9 Å². The van der Waals surface area contributed by atoms with Crippen LogP contribution < -0.4 is 10.5 Å². The molecule has 2 atom stereocenters. The summed E-state index contributed by atoms with van der Waals surface area (Å²) in [4.78, 5) is 23.2. The van der Waals surface area contributed by atoms with Crippen molar-refractivity contribution in [3.8, 4) is 6.07 Å². The number of pyridine rings is 1. The van der Waals surface area contributed by atoms with Crippen molar-refractivity contribution in [1.29, 1.82) is 5.26 Å². The number of nitrogens with zero attached hydrogens (tertiary/aromatic N) is 4. The highest BCUT2D eigenvalue weighted by Gasteiger charge is 2.21. The van der Waals surface area contributed by atoms with Gasteiger partial charge in [-0.05, 0) is 72.8 Å². The number of hydrogen-bond donors (Lipinski definition) is 2. The van der Waals surface area contributed by atoms with Gasteiger partial charge in [-0.1, -0.05) is 42.5 Å². The largest absolute Gasteiger partial charge is 0.337 e. The summed E-state index contributed by atoms with van der Waals surface area (Å²) in [6, 6.07) is 28.0. The minimum absolute atomic E-state index is 0.0734. The summed E-state index contributed by atoms with van der Waals surface area (Å²) in [5.74, 6) is -0.150. The lowest BCUT2D eigenvalue weighted by molar-refractivity contribution is 0.0761. The number of amides is 1. The molecule has 0 spiro atoms. The molecule has 0 bridgehead atoms. The van der Waals surface area contributed by atoms with Gasteiger partial charge in [-0.15, -0.1) is 0 Å². The second-order valence-electron chi connectivity index (χ2n) is 10.2. The number of carbonyl (C=O) groups is 1.